The summed E-state index contributed by atoms with van der Waals surface area (Å²) < 4.78 is 63.0. The second kappa shape index (κ2) is 7.69. The van der Waals surface area contributed by atoms with Gasteiger partial charge in [0.2, 0.25) is 0 Å². The van der Waals surface area contributed by atoms with E-state index in [0.717, 1.165) is 6.07 Å². The van der Waals surface area contributed by atoms with Crippen LogP contribution in [0.5, 0.6) is 0 Å². The van der Waals surface area contributed by atoms with Gasteiger partial charge in [0.1, 0.15) is 9.79 Å². The molecule has 0 aliphatic carbocycles. The van der Waals surface area contributed by atoms with E-state index in [-0.39, 0.29) is 5.39 Å². The predicted molar refractivity (Wildman–Crippen MR) is 108 cm³/mol. The van der Waals surface area contributed by atoms with Gasteiger partial charge in [-0.1, -0.05) is 78.9 Å². The van der Waals surface area contributed by atoms with Crippen molar-refractivity contribution in [2.75, 3.05) is 0 Å². The van der Waals surface area contributed by atoms with E-state index in [2.05, 4.69) is 48.5 Å². The molecule has 8 heteroatoms. The first-order valence-corrected chi connectivity index (χ1v) is 11.0. The van der Waals surface area contributed by atoms with Gasteiger partial charge < -0.3 is 0 Å². The molecule has 0 spiro atoms. The maximum Gasteiger partial charge on any atom is 0.296 e. The first-order chi connectivity index (χ1) is 13.2. The van der Waals surface area contributed by atoms with Crippen molar-refractivity contribution in [3.05, 3.63) is 84.9 Å². The van der Waals surface area contributed by atoms with Crippen LogP contribution in [0, 0.1) is 0 Å². The normalized spacial score (nSPS) is 11.8. The van der Waals surface area contributed by atoms with Gasteiger partial charge in [-0.15, -0.1) is 0 Å². The van der Waals surface area contributed by atoms with E-state index in [4.69, 9.17) is 9.11 Å². The molecule has 0 aliphatic rings. The lowest BCUT2D eigenvalue weighted by atomic mass is 10.1. The zero-order valence-corrected chi connectivity index (χ0v) is 16.1. The topological polar surface area (TPSA) is 109 Å². The number of fused-ring (bicyclic) bond motifs is 2. The van der Waals surface area contributed by atoms with Crippen molar-refractivity contribution in [3.63, 3.8) is 0 Å². The summed E-state index contributed by atoms with van der Waals surface area (Å²) in [6, 6.07) is 25.0. The van der Waals surface area contributed by atoms with E-state index >= 15 is 0 Å². The van der Waals surface area contributed by atoms with Crippen molar-refractivity contribution in [2.45, 2.75) is 9.79 Å². The van der Waals surface area contributed by atoms with E-state index < -0.39 is 30.0 Å². The average Bonchev–Trinajstić information content (AvgIpc) is 2.66. The van der Waals surface area contributed by atoms with Crippen LogP contribution in [0.25, 0.3) is 21.5 Å². The molecular formula is C20H16O6S2. The molecule has 0 bridgehead atoms. The summed E-state index contributed by atoms with van der Waals surface area (Å²) in [4.78, 5) is -1.66. The van der Waals surface area contributed by atoms with Crippen LogP contribution in [0.1, 0.15) is 0 Å². The van der Waals surface area contributed by atoms with Gasteiger partial charge in [0.15, 0.2) is 0 Å². The average molecular weight is 416 g/mol. The summed E-state index contributed by atoms with van der Waals surface area (Å²) in [5, 5.41) is 3.07. The maximum absolute atomic E-state index is 11.3. The highest BCUT2D eigenvalue weighted by Crippen LogP contribution is 2.29. The number of benzene rings is 4. The molecule has 0 amide bonds. The quantitative estimate of drug-likeness (QED) is 0.475. The minimum absolute atomic E-state index is 0.0233. The lowest BCUT2D eigenvalue weighted by Crippen LogP contribution is -2.09. The third kappa shape index (κ3) is 4.37. The standard InChI is InChI=1S/C10H8O6S2.C10H8/c11-17(12,13)9-6-5-7-3-1-2-4-8(7)10(9)18(14,15)16;1-2-6-10-8-4-3-7-9(10)5-1/h1-6H,(H,11,12,13)(H,14,15,16);1-8H. The second-order valence-electron chi connectivity index (χ2n) is 5.91. The van der Waals surface area contributed by atoms with Crippen LogP contribution in [0.2, 0.25) is 0 Å². The molecule has 0 unspecified atom stereocenters. The largest absolute Gasteiger partial charge is 0.296 e. The summed E-state index contributed by atoms with van der Waals surface area (Å²) in [5.41, 5.74) is 0. The zero-order chi connectivity index (χ0) is 20.4. The Labute approximate surface area is 162 Å². The highest BCUT2D eigenvalue weighted by molar-refractivity contribution is 7.89. The monoisotopic (exact) mass is 416 g/mol. The molecular weight excluding hydrogens is 400 g/mol. The van der Waals surface area contributed by atoms with E-state index in [0.29, 0.717) is 5.39 Å². The molecule has 4 aromatic carbocycles. The molecule has 0 radical (unpaired) electrons. The highest BCUT2D eigenvalue weighted by Gasteiger charge is 2.26. The minimum atomic E-state index is -4.78. The van der Waals surface area contributed by atoms with Gasteiger partial charge in [-0.2, -0.15) is 16.8 Å². The van der Waals surface area contributed by atoms with E-state index in [1.165, 1.54) is 29.0 Å². The molecule has 0 saturated carbocycles. The molecule has 0 saturated heterocycles. The second-order valence-corrected chi connectivity index (χ2v) is 8.66. The lowest BCUT2D eigenvalue weighted by molar-refractivity contribution is 0.467. The Balaban J connectivity index is 0.000000188. The molecule has 6 nitrogen and oxygen atoms in total. The van der Waals surface area contributed by atoms with Crippen LogP contribution >= 0.6 is 0 Å². The molecule has 2 N–H and O–H groups in total. The summed E-state index contributed by atoms with van der Waals surface area (Å²) in [5.74, 6) is 0. The Bertz CT molecular complexity index is 1290. The SMILES string of the molecule is O=S(=O)(O)c1ccc2ccccc2c1S(=O)(=O)O.c1ccc2ccccc2c1. The van der Waals surface area contributed by atoms with Crippen LogP contribution in [0.3, 0.4) is 0 Å². The Morgan fingerprint density at radius 1 is 0.500 bits per heavy atom. The molecule has 0 atom stereocenters. The fourth-order valence-electron chi connectivity index (χ4n) is 2.83. The fourth-order valence-corrected chi connectivity index (χ4v) is 4.83. The molecule has 0 heterocycles. The summed E-state index contributed by atoms with van der Waals surface area (Å²) in [7, 11) is -9.53. The van der Waals surface area contributed by atoms with Gasteiger partial charge in [0.25, 0.3) is 20.2 Å². The molecule has 0 fully saturated rings. The van der Waals surface area contributed by atoms with Crippen molar-refractivity contribution < 1.29 is 25.9 Å². The van der Waals surface area contributed by atoms with Gasteiger partial charge in [-0.05, 0) is 22.2 Å². The van der Waals surface area contributed by atoms with E-state index in [1.807, 2.05) is 0 Å². The van der Waals surface area contributed by atoms with Crippen LogP contribution in [0.4, 0.5) is 0 Å². The third-order valence-corrected chi connectivity index (χ3v) is 6.02. The van der Waals surface area contributed by atoms with Gasteiger partial charge >= 0.3 is 0 Å². The van der Waals surface area contributed by atoms with Crippen molar-refractivity contribution in [3.8, 4) is 0 Å². The molecule has 0 aliphatic heterocycles. The molecule has 4 aromatic rings. The highest BCUT2D eigenvalue weighted by atomic mass is 32.2. The molecule has 0 aromatic heterocycles. The maximum atomic E-state index is 11.3. The Hall–Kier alpha value is -2.78. The van der Waals surface area contributed by atoms with E-state index in [1.54, 1.807) is 12.1 Å². The molecule has 4 rings (SSSR count). The van der Waals surface area contributed by atoms with Crippen LogP contribution in [-0.2, 0) is 20.2 Å². The number of hydrogen-bond acceptors (Lipinski definition) is 4. The third-order valence-electron chi connectivity index (χ3n) is 4.04. The van der Waals surface area contributed by atoms with Crippen LogP contribution in [0.15, 0.2) is 94.7 Å². The fraction of sp³-hybridized carbons (Fsp3) is 0. The van der Waals surface area contributed by atoms with Crippen molar-refractivity contribution in [1.82, 2.24) is 0 Å². The first kappa shape index (κ1) is 20.0. The van der Waals surface area contributed by atoms with Gasteiger partial charge in [0.05, 0.1) is 0 Å². The minimum Gasteiger partial charge on any atom is -0.282 e. The Kier molecular flexibility index (Phi) is 5.48. The lowest BCUT2D eigenvalue weighted by Gasteiger charge is -2.08. The number of hydrogen-bond donors (Lipinski definition) is 2. The predicted octanol–water partition coefficient (Wildman–Crippen LogP) is 4.17. The van der Waals surface area contributed by atoms with Crippen molar-refractivity contribution in [1.29, 1.82) is 0 Å². The number of rotatable bonds is 2. The van der Waals surface area contributed by atoms with Crippen molar-refractivity contribution in [2.24, 2.45) is 0 Å². The first-order valence-electron chi connectivity index (χ1n) is 8.08. The summed E-state index contributed by atoms with van der Waals surface area (Å²) in [6.45, 7) is 0. The van der Waals surface area contributed by atoms with E-state index in [9.17, 15) is 16.8 Å². The summed E-state index contributed by atoms with van der Waals surface area (Å²) >= 11 is 0. The van der Waals surface area contributed by atoms with Crippen molar-refractivity contribution >= 4 is 41.8 Å². The van der Waals surface area contributed by atoms with Crippen LogP contribution in [-0.4, -0.2) is 25.9 Å². The molecule has 28 heavy (non-hydrogen) atoms. The van der Waals surface area contributed by atoms with Gasteiger partial charge in [-0.25, -0.2) is 0 Å². The zero-order valence-electron chi connectivity index (χ0n) is 14.4. The van der Waals surface area contributed by atoms with Gasteiger partial charge in [-0.3, -0.25) is 9.11 Å². The Morgan fingerprint density at radius 3 is 1.36 bits per heavy atom. The smallest absolute Gasteiger partial charge is 0.282 e. The van der Waals surface area contributed by atoms with Crippen LogP contribution < -0.4 is 0 Å². The van der Waals surface area contributed by atoms with Gasteiger partial charge in [0, 0.05) is 5.39 Å². The molecule has 144 valence electrons. The Morgan fingerprint density at radius 2 is 0.929 bits per heavy atom. The summed E-state index contributed by atoms with van der Waals surface area (Å²) in [6.07, 6.45) is 0.